The molecule has 0 aromatic heterocycles. The van der Waals surface area contributed by atoms with Crippen LogP contribution in [-0.4, -0.2) is 37.2 Å². The molecule has 0 saturated heterocycles. The summed E-state index contributed by atoms with van der Waals surface area (Å²) < 4.78 is 16.7. The lowest BCUT2D eigenvalue weighted by Crippen LogP contribution is -2.30. The summed E-state index contributed by atoms with van der Waals surface area (Å²) in [5.74, 6) is -0.0698. The van der Waals surface area contributed by atoms with Gasteiger partial charge in [0.25, 0.3) is 0 Å². The van der Waals surface area contributed by atoms with Gasteiger partial charge in [-0.3, -0.25) is 14.4 Å². The second-order valence-corrected chi connectivity index (χ2v) is 17.6. The Morgan fingerprint density at radius 3 is 0.875 bits per heavy atom. The van der Waals surface area contributed by atoms with E-state index in [1.54, 1.807) is 0 Å². The third kappa shape index (κ3) is 43.5. The average molecular weight is 793 g/mol. The van der Waals surface area contributed by atoms with Crippen LogP contribution in [0, 0.1) is 5.92 Å². The van der Waals surface area contributed by atoms with Gasteiger partial charge in [0.15, 0.2) is 6.10 Å². The molecular weight excluding hydrogens is 697 g/mol. The van der Waals surface area contributed by atoms with Crippen LogP contribution in [0.1, 0.15) is 278 Å². The number of carbonyl (C=O) groups is 3. The number of ether oxygens (including phenoxy) is 3. The van der Waals surface area contributed by atoms with Crippen molar-refractivity contribution in [3.05, 3.63) is 0 Å². The summed E-state index contributed by atoms with van der Waals surface area (Å²) in [6.07, 6.45) is 45.2. The molecule has 0 rings (SSSR count). The van der Waals surface area contributed by atoms with Gasteiger partial charge >= 0.3 is 17.9 Å². The SMILES string of the molecule is CCCCCCCCCCCCCCCCCCCC(=O)OC[C@H](COC(=O)CCCCCCCCCC(C)C)OC(=O)CCCCCCCCCCCCC. The van der Waals surface area contributed by atoms with Gasteiger partial charge in [-0.05, 0) is 25.2 Å². The third-order valence-electron chi connectivity index (χ3n) is 11.3. The van der Waals surface area contributed by atoms with E-state index in [0.717, 1.165) is 63.7 Å². The Hall–Kier alpha value is -1.59. The van der Waals surface area contributed by atoms with E-state index in [-0.39, 0.29) is 31.1 Å². The average Bonchev–Trinajstić information content (AvgIpc) is 3.18. The standard InChI is InChI=1S/C50H96O6/c1-5-7-9-11-13-15-17-18-19-20-21-22-24-25-29-33-37-41-48(51)54-44-47(45-55-49(52)42-38-34-31-27-28-32-36-40-46(3)4)56-50(53)43-39-35-30-26-23-16-14-12-10-8-6-2/h46-47H,5-45H2,1-4H3/t47-/m1/s1. The lowest BCUT2D eigenvalue weighted by molar-refractivity contribution is -0.167. The van der Waals surface area contributed by atoms with Crippen LogP contribution in [0.25, 0.3) is 0 Å². The molecule has 0 heterocycles. The monoisotopic (exact) mass is 793 g/mol. The van der Waals surface area contributed by atoms with E-state index in [0.29, 0.717) is 19.3 Å². The molecule has 0 aliphatic heterocycles. The maximum absolute atomic E-state index is 12.7. The van der Waals surface area contributed by atoms with Crippen molar-refractivity contribution < 1.29 is 28.6 Å². The predicted octanol–water partition coefficient (Wildman–Crippen LogP) is 15.9. The zero-order chi connectivity index (χ0) is 41.0. The molecule has 6 nitrogen and oxygen atoms in total. The lowest BCUT2D eigenvalue weighted by Gasteiger charge is -2.18. The summed E-state index contributed by atoms with van der Waals surface area (Å²) in [5.41, 5.74) is 0. The minimum absolute atomic E-state index is 0.0636. The zero-order valence-corrected chi connectivity index (χ0v) is 38.1. The summed E-state index contributed by atoms with van der Waals surface area (Å²) in [6, 6.07) is 0. The van der Waals surface area contributed by atoms with Gasteiger partial charge in [-0.2, -0.15) is 0 Å². The van der Waals surface area contributed by atoms with E-state index in [4.69, 9.17) is 14.2 Å². The van der Waals surface area contributed by atoms with E-state index in [9.17, 15) is 14.4 Å². The van der Waals surface area contributed by atoms with Crippen molar-refractivity contribution in [2.75, 3.05) is 13.2 Å². The Labute approximate surface area is 348 Å². The van der Waals surface area contributed by atoms with Gasteiger partial charge in [-0.25, -0.2) is 0 Å². The summed E-state index contributed by atoms with van der Waals surface area (Å²) >= 11 is 0. The Kier molecular flexibility index (Phi) is 43.2. The number of esters is 3. The fourth-order valence-electron chi connectivity index (χ4n) is 7.51. The summed E-state index contributed by atoms with van der Waals surface area (Å²) in [6.45, 7) is 8.96. The number of hydrogen-bond donors (Lipinski definition) is 0. The molecule has 56 heavy (non-hydrogen) atoms. The molecule has 6 heteroatoms. The van der Waals surface area contributed by atoms with Crippen molar-refractivity contribution in [3.8, 4) is 0 Å². The van der Waals surface area contributed by atoms with Crippen molar-refractivity contribution >= 4 is 17.9 Å². The molecule has 0 radical (unpaired) electrons. The van der Waals surface area contributed by atoms with Crippen molar-refractivity contribution in [2.24, 2.45) is 5.92 Å². The first-order valence-corrected chi connectivity index (χ1v) is 24.9. The normalized spacial score (nSPS) is 11.9. The molecule has 1 atom stereocenters. The van der Waals surface area contributed by atoms with Crippen molar-refractivity contribution in [2.45, 2.75) is 284 Å². The maximum Gasteiger partial charge on any atom is 0.306 e. The Morgan fingerprint density at radius 2 is 0.589 bits per heavy atom. The van der Waals surface area contributed by atoms with Gasteiger partial charge in [0.2, 0.25) is 0 Å². The number of unbranched alkanes of at least 4 members (excludes halogenated alkanes) is 32. The number of rotatable bonds is 45. The molecule has 0 unspecified atom stereocenters. The highest BCUT2D eigenvalue weighted by Gasteiger charge is 2.19. The molecule has 0 aliphatic carbocycles. The maximum atomic E-state index is 12.7. The van der Waals surface area contributed by atoms with E-state index >= 15 is 0 Å². The lowest BCUT2D eigenvalue weighted by atomic mass is 10.0. The Morgan fingerprint density at radius 1 is 0.339 bits per heavy atom. The van der Waals surface area contributed by atoms with Crippen molar-refractivity contribution in [1.82, 2.24) is 0 Å². The van der Waals surface area contributed by atoms with Crippen LogP contribution in [0.2, 0.25) is 0 Å². The molecule has 0 saturated carbocycles. The van der Waals surface area contributed by atoms with Gasteiger partial charge in [0.1, 0.15) is 13.2 Å². The van der Waals surface area contributed by atoms with E-state index < -0.39 is 6.10 Å². The predicted molar refractivity (Wildman–Crippen MR) is 238 cm³/mol. The largest absolute Gasteiger partial charge is 0.462 e. The van der Waals surface area contributed by atoms with Crippen LogP contribution >= 0.6 is 0 Å². The van der Waals surface area contributed by atoms with E-state index in [1.807, 2.05) is 0 Å². The first kappa shape index (κ1) is 54.4. The minimum atomic E-state index is -0.760. The smallest absolute Gasteiger partial charge is 0.306 e. The van der Waals surface area contributed by atoms with Crippen LogP contribution in [0.4, 0.5) is 0 Å². The first-order chi connectivity index (χ1) is 27.4. The Balaban J connectivity index is 4.25. The highest BCUT2D eigenvalue weighted by molar-refractivity contribution is 5.71. The quantitative estimate of drug-likeness (QED) is 0.0347. The third-order valence-corrected chi connectivity index (χ3v) is 11.3. The van der Waals surface area contributed by atoms with E-state index in [2.05, 4.69) is 27.7 Å². The van der Waals surface area contributed by atoms with Crippen LogP contribution < -0.4 is 0 Å². The fourth-order valence-corrected chi connectivity index (χ4v) is 7.51. The summed E-state index contributed by atoms with van der Waals surface area (Å²) in [5, 5.41) is 0. The van der Waals surface area contributed by atoms with Crippen LogP contribution in [-0.2, 0) is 28.6 Å². The van der Waals surface area contributed by atoms with Crippen LogP contribution in [0.5, 0.6) is 0 Å². The number of hydrogen-bond acceptors (Lipinski definition) is 6. The second-order valence-electron chi connectivity index (χ2n) is 17.6. The topological polar surface area (TPSA) is 78.9 Å². The van der Waals surface area contributed by atoms with Crippen LogP contribution in [0.15, 0.2) is 0 Å². The molecule has 332 valence electrons. The zero-order valence-electron chi connectivity index (χ0n) is 38.1. The molecule has 0 fully saturated rings. The molecule has 0 aromatic carbocycles. The molecule has 0 bridgehead atoms. The van der Waals surface area contributed by atoms with E-state index in [1.165, 1.54) is 173 Å². The molecule has 0 N–H and O–H groups in total. The Bertz CT molecular complexity index is 841. The second kappa shape index (κ2) is 44.5. The van der Waals surface area contributed by atoms with Crippen LogP contribution in [0.3, 0.4) is 0 Å². The highest BCUT2D eigenvalue weighted by Crippen LogP contribution is 2.17. The summed E-state index contributed by atoms with van der Waals surface area (Å²) in [7, 11) is 0. The highest BCUT2D eigenvalue weighted by atomic mass is 16.6. The molecular formula is C50H96O6. The van der Waals surface area contributed by atoms with Crippen molar-refractivity contribution in [1.29, 1.82) is 0 Å². The van der Waals surface area contributed by atoms with Gasteiger partial charge in [-0.15, -0.1) is 0 Å². The van der Waals surface area contributed by atoms with Gasteiger partial charge in [0.05, 0.1) is 0 Å². The first-order valence-electron chi connectivity index (χ1n) is 24.9. The minimum Gasteiger partial charge on any atom is -0.462 e. The fraction of sp³-hybridized carbons (Fsp3) is 0.940. The number of carbonyl (C=O) groups excluding carboxylic acids is 3. The molecule has 0 aliphatic rings. The van der Waals surface area contributed by atoms with Crippen molar-refractivity contribution in [3.63, 3.8) is 0 Å². The molecule has 0 spiro atoms. The van der Waals surface area contributed by atoms with Gasteiger partial charge in [-0.1, -0.05) is 240 Å². The van der Waals surface area contributed by atoms with Gasteiger partial charge in [0, 0.05) is 19.3 Å². The van der Waals surface area contributed by atoms with Gasteiger partial charge < -0.3 is 14.2 Å². The molecule has 0 amide bonds. The molecule has 0 aromatic rings. The summed E-state index contributed by atoms with van der Waals surface area (Å²) in [4.78, 5) is 37.8.